The van der Waals surface area contributed by atoms with Crippen LogP contribution in [0.15, 0.2) is 18.2 Å². The number of thioether (sulfide) groups is 1. The summed E-state index contributed by atoms with van der Waals surface area (Å²) in [5.41, 5.74) is -1.69. The van der Waals surface area contributed by atoms with E-state index in [1.54, 1.807) is 11.8 Å². The number of anilines is 1. The van der Waals surface area contributed by atoms with Crippen LogP contribution < -0.4 is 4.90 Å². The van der Waals surface area contributed by atoms with Gasteiger partial charge >= 0.3 is 6.18 Å². The molecular weight excluding hydrogens is 305 g/mol. The third-order valence-electron chi connectivity index (χ3n) is 3.50. The number of rotatable bonds is 2. The van der Waals surface area contributed by atoms with Crippen molar-refractivity contribution in [2.24, 2.45) is 0 Å². The monoisotopic (exact) mass is 320 g/mol. The molecule has 116 valence electrons. The van der Waals surface area contributed by atoms with Crippen molar-refractivity contribution in [2.45, 2.75) is 25.6 Å². The summed E-state index contributed by atoms with van der Waals surface area (Å²) in [7, 11) is 0. The maximum Gasteiger partial charge on any atom is 0.423 e. The molecule has 1 heterocycles. The van der Waals surface area contributed by atoms with Crippen molar-refractivity contribution in [3.63, 3.8) is 0 Å². The Hall–Kier alpha value is -1.44. The minimum atomic E-state index is -4.73. The van der Waals surface area contributed by atoms with E-state index < -0.39 is 22.4 Å². The van der Waals surface area contributed by atoms with E-state index >= 15 is 0 Å². The summed E-state index contributed by atoms with van der Waals surface area (Å²) in [6, 6.07) is 3.36. The number of hydrogen-bond donors (Lipinski definition) is 0. The van der Waals surface area contributed by atoms with Crippen LogP contribution in [0.1, 0.15) is 18.9 Å². The Balaban J connectivity index is 2.43. The van der Waals surface area contributed by atoms with Gasteiger partial charge in [-0.3, -0.25) is 10.1 Å². The lowest BCUT2D eigenvalue weighted by atomic mass is 10.1. The third-order valence-corrected chi connectivity index (χ3v) is 4.50. The van der Waals surface area contributed by atoms with Gasteiger partial charge < -0.3 is 4.90 Å². The average Bonchev–Trinajstić information content (AvgIpc) is 2.61. The summed E-state index contributed by atoms with van der Waals surface area (Å²) in [5, 5.41) is 10.8. The molecule has 0 saturated carbocycles. The van der Waals surface area contributed by atoms with Crippen LogP contribution in [0.4, 0.5) is 24.5 Å². The van der Waals surface area contributed by atoms with Gasteiger partial charge in [0.2, 0.25) is 0 Å². The van der Waals surface area contributed by atoms with E-state index in [0.717, 1.165) is 30.1 Å². The number of nitro benzene ring substituents is 1. The summed E-state index contributed by atoms with van der Waals surface area (Å²) in [6.07, 6.45) is -3.86. The normalized spacial score (nSPS) is 20.2. The van der Waals surface area contributed by atoms with Crippen LogP contribution in [-0.2, 0) is 6.18 Å². The van der Waals surface area contributed by atoms with Gasteiger partial charge in [0.1, 0.15) is 5.56 Å². The zero-order chi connectivity index (χ0) is 15.6. The molecule has 0 aromatic heterocycles. The number of nitrogens with zero attached hydrogens (tertiary/aromatic N) is 2. The van der Waals surface area contributed by atoms with E-state index in [1.165, 1.54) is 6.07 Å². The van der Waals surface area contributed by atoms with E-state index in [1.807, 2.05) is 11.8 Å². The molecule has 0 bridgehead atoms. The van der Waals surface area contributed by atoms with Crippen molar-refractivity contribution in [3.8, 4) is 0 Å². The molecule has 0 radical (unpaired) electrons. The lowest BCUT2D eigenvalue weighted by Gasteiger charge is -2.29. The quantitative estimate of drug-likeness (QED) is 0.611. The van der Waals surface area contributed by atoms with Crippen LogP contribution in [0.2, 0.25) is 0 Å². The second-order valence-corrected chi connectivity index (χ2v) is 6.12. The first-order valence-electron chi connectivity index (χ1n) is 6.50. The SMILES string of the molecule is CC1CCSCCN1c1ccc([N+](=O)[O-])c(C(F)(F)F)c1. The first kappa shape index (κ1) is 15.9. The van der Waals surface area contributed by atoms with E-state index in [2.05, 4.69) is 0 Å². The highest BCUT2D eigenvalue weighted by molar-refractivity contribution is 7.99. The Kier molecular flexibility index (Phi) is 4.65. The predicted molar refractivity (Wildman–Crippen MR) is 76.8 cm³/mol. The molecule has 1 aromatic rings. The molecule has 1 unspecified atom stereocenters. The lowest BCUT2D eigenvalue weighted by molar-refractivity contribution is -0.388. The Morgan fingerprint density at radius 2 is 2.10 bits per heavy atom. The topological polar surface area (TPSA) is 46.4 Å². The fourth-order valence-electron chi connectivity index (χ4n) is 2.37. The molecule has 2 rings (SSSR count). The highest BCUT2D eigenvalue weighted by Gasteiger charge is 2.39. The molecule has 1 aliphatic heterocycles. The second kappa shape index (κ2) is 6.13. The van der Waals surface area contributed by atoms with E-state index in [0.29, 0.717) is 12.2 Å². The van der Waals surface area contributed by atoms with Gasteiger partial charge in [0.15, 0.2) is 0 Å². The van der Waals surface area contributed by atoms with Gasteiger partial charge in [-0.2, -0.15) is 24.9 Å². The van der Waals surface area contributed by atoms with Crippen LogP contribution in [0.5, 0.6) is 0 Å². The van der Waals surface area contributed by atoms with Gasteiger partial charge in [-0.25, -0.2) is 0 Å². The Bertz CT molecular complexity index is 537. The first-order chi connectivity index (χ1) is 9.80. The number of benzene rings is 1. The fourth-order valence-corrected chi connectivity index (χ4v) is 3.41. The summed E-state index contributed by atoms with van der Waals surface area (Å²) in [5.74, 6) is 1.81. The van der Waals surface area contributed by atoms with Crippen LogP contribution in [-0.4, -0.2) is 29.0 Å². The number of halogens is 3. The average molecular weight is 320 g/mol. The number of nitro groups is 1. The smallest absolute Gasteiger partial charge is 0.368 e. The van der Waals surface area contributed by atoms with Crippen molar-refractivity contribution in [1.29, 1.82) is 0 Å². The molecule has 1 atom stereocenters. The number of alkyl halides is 3. The summed E-state index contributed by atoms with van der Waals surface area (Å²) in [6.45, 7) is 2.60. The second-order valence-electron chi connectivity index (χ2n) is 4.90. The minimum Gasteiger partial charge on any atom is -0.368 e. The van der Waals surface area contributed by atoms with Gasteiger partial charge in [0.25, 0.3) is 5.69 Å². The van der Waals surface area contributed by atoms with Crippen LogP contribution in [0, 0.1) is 10.1 Å². The van der Waals surface area contributed by atoms with Crippen LogP contribution in [0.25, 0.3) is 0 Å². The summed E-state index contributed by atoms with van der Waals surface area (Å²) in [4.78, 5) is 11.7. The van der Waals surface area contributed by atoms with Gasteiger partial charge in [0, 0.05) is 30.1 Å². The van der Waals surface area contributed by atoms with E-state index in [-0.39, 0.29) is 6.04 Å². The van der Waals surface area contributed by atoms with E-state index in [4.69, 9.17) is 0 Å². The number of hydrogen-bond acceptors (Lipinski definition) is 4. The van der Waals surface area contributed by atoms with Gasteiger partial charge in [-0.1, -0.05) is 0 Å². The van der Waals surface area contributed by atoms with Gasteiger partial charge in [0.05, 0.1) is 4.92 Å². The zero-order valence-corrected chi connectivity index (χ0v) is 12.2. The lowest BCUT2D eigenvalue weighted by Crippen LogP contribution is -2.33. The van der Waals surface area contributed by atoms with Crippen LogP contribution >= 0.6 is 11.8 Å². The van der Waals surface area contributed by atoms with Crippen molar-refractivity contribution in [3.05, 3.63) is 33.9 Å². The molecule has 4 nitrogen and oxygen atoms in total. The molecule has 0 amide bonds. The van der Waals surface area contributed by atoms with Crippen molar-refractivity contribution in [1.82, 2.24) is 0 Å². The Labute approximate surface area is 124 Å². The Morgan fingerprint density at radius 3 is 2.71 bits per heavy atom. The third kappa shape index (κ3) is 3.61. The molecule has 1 aliphatic rings. The molecule has 8 heteroatoms. The van der Waals surface area contributed by atoms with Gasteiger partial charge in [-0.15, -0.1) is 0 Å². The van der Waals surface area contributed by atoms with E-state index in [9.17, 15) is 23.3 Å². The van der Waals surface area contributed by atoms with Crippen molar-refractivity contribution < 1.29 is 18.1 Å². The predicted octanol–water partition coefficient (Wildman–Crippen LogP) is 3.95. The first-order valence-corrected chi connectivity index (χ1v) is 7.66. The zero-order valence-electron chi connectivity index (χ0n) is 11.4. The standard InChI is InChI=1S/C13H15F3N2O2S/c1-9-4-6-21-7-5-17(9)10-2-3-12(18(19)20)11(8-10)13(14,15)16/h2-3,8-9H,4-7H2,1H3. The molecule has 21 heavy (non-hydrogen) atoms. The fraction of sp³-hybridized carbons (Fsp3) is 0.538. The largest absolute Gasteiger partial charge is 0.423 e. The summed E-state index contributed by atoms with van der Waals surface area (Å²) < 4.78 is 39.0. The highest BCUT2D eigenvalue weighted by Crippen LogP contribution is 2.39. The molecular formula is C13H15F3N2O2S. The van der Waals surface area contributed by atoms with Gasteiger partial charge in [-0.05, 0) is 31.2 Å². The molecule has 1 saturated heterocycles. The summed E-state index contributed by atoms with van der Waals surface area (Å²) >= 11 is 1.76. The molecule has 0 spiro atoms. The molecule has 0 N–H and O–H groups in total. The van der Waals surface area contributed by atoms with Crippen molar-refractivity contribution in [2.75, 3.05) is 23.0 Å². The minimum absolute atomic E-state index is 0.113. The maximum atomic E-state index is 13.0. The molecule has 1 aromatic carbocycles. The molecule has 0 aliphatic carbocycles. The highest BCUT2D eigenvalue weighted by atomic mass is 32.2. The Morgan fingerprint density at radius 1 is 1.38 bits per heavy atom. The van der Waals surface area contributed by atoms with Crippen molar-refractivity contribution >= 4 is 23.1 Å². The maximum absolute atomic E-state index is 13.0. The molecule has 1 fully saturated rings. The van der Waals surface area contributed by atoms with Crippen LogP contribution in [0.3, 0.4) is 0 Å².